The molecule has 3 nitrogen and oxygen atoms in total. The second kappa shape index (κ2) is 4.87. The summed E-state index contributed by atoms with van der Waals surface area (Å²) in [7, 11) is 1.65. The van der Waals surface area contributed by atoms with Gasteiger partial charge in [-0.3, -0.25) is 0 Å². The Bertz CT molecular complexity index is 415. The lowest BCUT2D eigenvalue weighted by molar-refractivity contribution is 0.00792. The summed E-state index contributed by atoms with van der Waals surface area (Å²) in [6.07, 6.45) is 1.96. The van der Waals surface area contributed by atoms with Gasteiger partial charge in [0.25, 0.3) is 0 Å². The maximum Gasteiger partial charge on any atom is 0.0976 e. The fourth-order valence-electron chi connectivity index (χ4n) is 2.29. The van der Waals surface area contributed by atoms with E-state index < -0.39 is 11.5 Å². The van der Waals surface area contributed by atoms with Crippen molar-refractivity contribution in [2.24, 2.45) is 5.41 Å². The highest BCUT2D eigenvalue weighted by atomic mass is 16.5. The molecule has 1 fully saturated rings. The van der Waals surface area contributed by atoms with Crippen molar-refractivity contribution in [1.29, 1.82) is 5.26 Å². The molecule has 1 N–H and O–H groups in total. The number of rotatable bonds is 4. The Hall–Kier alpha value is -1.37. The van der Waals surface area contributed by atoms with Gasteiger partial charge < -0.3 is 9.84 Å². The van der Waals surface area contributed by atoms with Gasteiger partial charge in [0, 0.05) is 7.11 Å². The van der Waals surface area contributed by atoms with Crippen LogP contribution in [0.1, 0.15) is 36.5 Å². The largest absolute Gasteiger partial charge is 0.387 e. The van der Waals surface area contributed by atoms with Gasteiger partial charge in [-0.05, 0) is 24.0 Å². The SMILES string of the molecule is COCc1ccc(C(O)C2(C#N)CCC2)cc1. The minimum absolute atomic E-state index is 0.553. The smallest absolute Gasteiger partial charge is 0.0976 e. The van der Waals surface area contributed by atoms with E-state index in [2.05, 4.69) is 6.07 Å². The molecule has 1 aliphatic rings. The summed E-state index contributed by atoms with van der Waals surface area (Å²) in [6.45, 7) is 0.569. The zero-order valence-corrected chi connectivity index (χ0v) is 10.0. The van der Waals surface area contributed by atoms with Gasteiger partial charge in [0.05, 0.1) is 24.2 Å². The number of hydrogen-bond acceptors (Lipinski definition) is 3. The van der Waals surface area contributed by atoms with E-state index in [0.717, 1.165) is 30.4 Å². The van der Waals surface area contributed by atoms with E-state index in [9.17, 15) is 10.4 Å². The van der Waals surface area contributed by atoms with Crippen LogP contribution >= 0.6 is 0 Å². The summed E-state index contributed by atoms with van der Waals surface area (Å²) in [6, 6.07) is 9.92. The number of hydrogen-bond donors (Lipinski definition) is 1. The van der Waals surface area contributed by atoms with Crippen LogP contribution in [0.15, 0.2) is 24.3 Å². The molecule has 0 heterocycles. The van der Waals surface area contributed by atoms with Crippen LogP contribution in [-0.4, -0.2) is 12.2 Å². The van der Waals surface area contributed by atoms with E-state index in [1.54, 1.807) is 7.11 Å². The summed E-state index contributed by atoms with van der Waals surface area (Å²) < 4.78 is 5.03. The van der Waals surface area contributed by atoms with Crippen molar-refractivity contribution in [1.82, 2.24) is 0 Å². The van der Waals surface area contributed by atoms with Crippen LogP contribution in [0.25, 0.3) is 0 Å². The summed E-state index contributed by atoms with van der Waals surface area (Å²) in [5.74, 6) is 0. The van der Waals surface area contributed by atoms with E-state index in [1.807, 2.05) is 24.3 Å². The first-order chi connectivity index (χ1) is 8.22. The number of methoxy groups -OCH3 is 1. The lowest BCUT2D eigenvalue weighted by Gasteiger charge is -2.39. The number of aliphatic hydroxyl groups excluding tert-OH is 1. The maximum atomic E-state index is 10.3. The summed E-state index contributed by atoms with van der Waals surface area (Å²) in [5.41, 5.74) is 1.34. The van der Waals surface area contributed by atoms with Crippen molar-refractivity contribution in [2.75, 3.05) is 7.11 Å². The first-order valence-corrected chi connectivity index (χ1v) is 5.89. The molecule has 0 saturated heterocycles. The molecule has 0 amide bonds. The van der Waals surface area contributed by atoms with Crippen molar-refractivity contribution in [3.8, 4) is 6.07 Å². The molecule has 1 unspecified atom stereocenters. The lowest BCUT2D eigenvalue weighted by Crippen LogP contribution is -2.34. The first kappa shape index (κ1) is 12.1. The van der Waals surface area contributed by atoms with Gasteiger partial charge >= 0.3 is 0 Å². The van der Waals surface area contributed by atoms with Crippen LogP contribution < -0.4 is 0 Å². The Kier molecular flexibility index (Phi) is 3.46. The molecular formula is C14H17NO2. The number of ether oxygens (including phenoxy) is 1. The van der Waals surface area contributed by atoms with E-state index in [0.29, 0.717) is 6.61 Å². The Balaban J connectivity index is 2.14. The fraction of sp³-hybridized carbons (Fsp3) is 0.500. The van der Waals surface area contributed by atoms with Gasteiger partial charge in [0.1, 0.15) is 0 Å². The van der Waals surface area contributed by atoms with Crippen molar-refractivity contribution in [2.45, 2.75) is 32.0 Å². The van der Waals surface area contributed by atoms with E-state index in [-0.39, 0.29) is 0 Å². The van der Waals surface area contributed by atoms with Crippen LogP contribution in [-0.2, 0) is 11.3 Å². The Labute approximate surface area is 102 Å². The second-order valence-corrected chi connectivity index (χ2v) is 4.70. The summed E-state index contributed by atoms with van der Waals surface area (Å²) in [5, 5.41) is 19.4. The number of aliphatic hydroxyl groups is 1. The molecule has 0 aromatic heterocycles. The van der Waals surface area contributed by atoms with E-state index in [1.165, 1.54) is 0 Å². The second-order valence-electron chi connectivity index (χ2n) is 4.70. The predicted octanol–water partition coefficient (Wildman–Crippen LogP) is 2.56. The molecule has 0 radical (unpaired) electrons. The minimum atomic E-state index is -0.669. The van der Waals surface area contributed by atoms with Crippen molar-refractivity contribution in [3.05, 3.63) is 35.4 Å². The fourth-order valence-corrected chi connectivity index (χ4v) is 2.29. The minimum Gasteiger partial charge on any atom is -0.387 e. The molecule has 0 spiro atoms. The molecular weight excluding hydrogens is 214 g/mol. The third-order valence-corrected chi connectivity index (χ3v) is 3.60. The van der Waals surface area contributed by atoms with Crippen molar-refractivity contribution >= 4 is 0 Å². The van der Waals surface area contributed by atoms with Gasteiger partial charge in [-0.25, -0.2) is 0 Å². The summed E-state index contributed by atoms with van der Waals surface area (Å²) >= 11 is 0. The van der Waals surface area contributed by atoms with E-state index in [4.69, 9.17) is 4.74 Å². The van der Waals surface area contributed by atoms with Crippen molar-refractivity contribution < 1.29 is 9.84 Å². The standard InChI is InChI=1S/C14H17NO2/c1-17-9-11-3-5-12(6-4-11)13(16)14(10-15)7-2-8-14/h3-6,13,16H,2,7-9H2,1H3. The molecule has 1 aromatic rings. The highest BCUT2D eigenvalue weighted by molar-refractivity contribution is 5.28. The van der Waals surface area contributed by atoms with Crippen LogP contribution in [0.5, 0.6) is 0 Å². The van der Waals surface area contributed by atoms with Crippen LogP contribution in [0.3, 0.4) is 0 Å². The quantitative estimate of drug-likeness (QED) is 0.866. The Morgan fingerprint density at radius 1 is 1.41 bits per heavy atom. The number of nitrogens with zero attached hydrogens (tertiary/aromatic N) is 1. The predicted molar refractivity (Wildman–Crippen MR) is 64.0 cm³/mol. The van der Waals surface area contributed by atoms with Gasteiger partial charge in [0.15, 0.2) is 0 Å². The summed E-state index contributed by atoms with van der Waals surface area (Å²) in [4.78, 5) is 0. The van der Waals surface area contributed by atoms with Crippen LogP contribution in [0.4, 0.5) is 0 Å². The third kappa shape index (κ3) is 2.19. The average Bonchev–Trinajstić information content (AvgIpc) is 2.29. The van der Waals surface area contributed by atoms with Crippen LogP contribution in [0.2, 0.25) is 0 Å². The van der Waals surface area contributed by atoms with E-state index >= 15 is 0 Å². The zero-order chi connectivity index (χ0) is 12.3. The Morgan fingerprint density at radius 2 is 2.06 bits per heavy atom. The molecule has 0 aliphatic heterocycles. The highest BCUT2D eigenvalue weighted by Crippen LogP contribution is 2.49. The van der Waals surface area contributed by atoms with Crippen LogP contribution in [0, 0.1) is 16.7 Å². The molecule has 0 bridgehead atoms. The number of benzene rings is 1. The number of nitriles is 1. The molecule has 2 rings (SSSR count). The van der Waals surface area contributed by atoms with Gasteiger partial charge in [0.2, 0.25) is 0 Å². The molecule has 3 heteroatoms. The monoisotopic (exact) mass is 231 g/mol. The van der Waals surface area contributed by atoms with Gasteiger partial charge in [-0.2, -0.15) is 5.26 Å². The lowest BCUT2D eigenvalue weighted by atomic mass is 9.64. The van der Waals surface area contributed by atoms with Gasteiger partial charge in [-0.1, -0.05) is 30.7 Å². The highest BCUT2D eigenvalue weighted by Gasteiger charge is 2.44. The molecule has 90 valence electrons. The van der Waals surface area contributed by atoms with Gasteiger partial charge in [-0.15, -0.1) is 0 Å². The first-order valence-electron chi connectivity index (χ1n) is 5.89. The Morgan fingerprint density at radius 3 is 2.47 bits per heavy atom. The molecule has 1 atom stereocenters. The topological polar surface area (TPSA) is 53.2 Å². The molecule has 1 aromatic carbocycles. The maximum absolute atomic E-state index is 10.3. The molecule has 17 heavy (non-hydrogen) atoms. The average molecular weight is 231 g/mol. The zero-order valence-electron chi connectivity index (χ0n) is 10.0. The van der Waals surface area contributed by atoms with Crippen molar-refractivity contribution in [3.63, 3.8) is 0 Å². The molecule has 1 aliphatic carbocycles. The third-order valence-electron chi connectivity index (χ3n) is 3.60. The normalized spacial score (nSPS) is 19.1. The molecule has 1 saturated carbocycles.